The van der Waals surface area contributed by atoms with Gasteiger partial charge in [0.15, 0.2) is 0 Å². The van der Waals surface area contributed by atoms with E-state index in [4.69, 9.17) is 23.2 Å². The van der Waals surface area contributed by atoms with Crippen molar-refractivity contribution in [1.82, 2.24) is 5.32 Å². The summed E-state index contributed by atoms with van der Waals surface area (Å²) in [5.74, 6) is 0.634. The van der Waals surface area contributed by atoms with Gasteiger partial charge in [-0.05, 0) is 12.3 Å². The van der Waals surface area contributed by atoms with E-state index in [0.717, 1.165) is 6.42 Å². The number of nitrogens with one attached hydrogen (secondary N) is 1. The van der Waals surface area contributed by atoms with Gasteiger partial charge in [-0.2, -0.15) is 0 Å². The van der Waals surface area contributed by atoms with Crippen LogP contribution in [-0.4, -0.2) is 12.6 Å². The molecule has 0 saturated carbocycles. The Bertz CT molecular complexity index is 143. The Morgan fingerprint density at radius 1 is 1.50 bits per heavy atom. The molecule has 0 amide bonds. The molecule has 0 rings (SSSR count). The summed E-state index contributed by atoms with van der Waals surface area (Å²) < 4.78 is 0. The molecule has 72 valence electrons. The lowest BCUT2D eigenvalue weighted by Gasteiger charge is -2.20. The highest BCUT2D eigenvalue weighted by atomic mass is 35.5. The van der Waals surface area contributed by atoms with Crippen molar-refractivity contribution in [3.05, 3.63) is 10.6 Å². The Morgan fingerprint density at radius 3 is 2.42 bits per heavy atom. The van der Waals surface area contributed by atoms with E-state index in [1.165, 1.54) is 5.54 Å². The van der Waals surface area contributed by atoms with Gasteiger partial charge in [-0.1, -0.05) is 44.0 Å². The molecule has 0 spiro atoms. The molecule has 0 aromatic heterocycles. The molecular weight excluding hydrogens is 193 g/mol. The van der Waals surface area contributed by atoms with E-state index in [1.807, 2.05) is 0 Å². The molecule has 0 aromatic rings. The molecule has 0 radical (unpaired) electrons. The van der Waals surface area contributed by atoms with Crippen molar-refractivity contribution in [3.8, 4) is 0 Å². The zero-order valence-electron chi connectivity index (χ0n) is 7.90. The fourth-order valence-corrected chi connectivity index (χ4v) is 1.27. The maximum Gasteiger partial charge on any atom is 0.0432 e. The normalized spacial score (nSPS) is 15.3. The quantitative estimate of drug-likeness (QED) is 0.733. The Balaban J connectivity index is 3.73. The van der Waals surface area contributed by atoms with Gasteiger partial charge >= 0.3 is 0 Å². The molecule has 0 aliphatic heterocycles. The molecule has 0 aliphatic rings. The van der Waals surface area contributed by atoms with Crippen LogP contribution < -0.4 is 5.32 Å². The number of hydrogen-bond acceptors (Lipinski definition) is 1. The van der Waals surface area contributed by atoms with E-state index in [1.54, 1.807) is 0 Å². The van der Waals surface area contributed by atoms with Crippen molar-refractivity contribution in [2.24, 2.45) is 5.92 Å². The summed E-state index contributed by atoms with van der Waals surface area (Å²) in [5, 5.41) is 4.00. The predicted molar refractivity (Wildman–Crippen MR) is 56.7 cm³/mol. The van der Waals surface area contributed by atoms with Crippen molar-refractivity contribution >= 4 is 23.2 Å². The van der Waals surface area contributed by atoms with Gasteiger partial charge in [0.05, 0.1) is 0 Å². The van der Waals surface area contributed by atoms with Crippen molar-refractivity contribution in [1.29, 1.82) is 0 Å². The topological polar surface area (TPSA) is 12.0 Å². The fraction of sp³-hybridized carbons (Fsp3) is 0.778. The molecule has 12 heavy (non-hydrogen) atoms. The second-order valence-electron chi connectivity index (χ2n) is 3.20. The number of hydrogen-bond donors (Lipinski definition) is 1. The fourth-order valence-electron chi connectivity index (χ4n) is 1.12. The highest BCUT2D eigenvalue weighted by Gasteiger charge is 2.09. The largest absolute Gasteiger partial charge is 0.309 e. The van der Waals surface area contributed by atoms with Gasteiger partial charge in [-0.3, -0.25) is 0 Å². The Morgan fingerprint density at radius 2 is 2.08 bits per heavy atom. The maximum atomic E-state index is 5.74. The monoisotopic (exact) mass is 209 g/mol. The summed E-state index contributed by atoms with van der Waals surface area (Å²) in [6, 6.07) is 0.523. The summed E-state index contributed by atoms with van der Waals surface area (Å²) >= 11 is 11.2. The third kappa shape index (κ3) is 5.02. The van der Waals surface area contributed by atoms with E-state index >= 15 is 0 Å². The first kappa shape index (κ1) is 12.3. The van der Waals surface area contributed by atoms with Gasteiger partial charge < -0.3 is 5.32 Å². The second-order valence-corrected chi connectivity index (χ2v) is 3.90. The van der Waals surface area contributed by atoms with Gasteiger partial charge in [0, 0.05) is 23.2 Å². The van der Waals surface area contributed by atoms with Gasteiger partial charge in [0.2, 0.25) is 0 Å². The van der Waals surface area contributed by atoms with Crippen LogP contribution in [0.4, 0.5) is 0 Å². The Labute approximate surface area is 85.1 Å². The summed E-state index contributed by atoms with van der Waals surface area (Å²) in [4.78, 5) is 0. The summed E-state index contributed by atoms with van der Waals surface area (Å²) in [7, 11) is 0. The number of rotatable bonds is 5. The highest BCUT2D eigenvalue weighted by Crippen LogP contribution is 2.07. The van der Waals surface area contributed by atoms with Gasteiger partial charge in [0.1, 0.15) is 0 Å². The van der Waals surface area contributed by atoms with Crippen LogP contribution in [0.15, 0.2) is 10.6 Å². The van der Waals surface area contributed by atoms with E-state index in [0.29, 0.717) is 23.5 Å². The van der Waals surface area contributed by atoms with Gasteiger partial charge in [-0.25, -0.2) is 0 Å². The molecule has 0 aromatic carbocycles. The molecule has 1 N–H and O–H groups in total. The molecule has 3 heteroatoms. The molecule has 0 bridgehead atoms. The van der Waals surface area contributed by atoms with E-state index in [-0.39, 0.29) is 0 Å². The van der Waals surface area contributed by atoms with Crippen LogP contribution in [0.1, 0.15) is 27.2 Å². The minimum absolute atomic E-state index is 0.523. The SMILES string of the molecule is CCC(NCC(Cl)=CCl)C(C)C. The summed E-state index contributed by atoms with van der Waals surface area (Å²) in [6.45, 7) is 7.22. The third-order valence-corrected chi connectivity index (χ3v) is 2.51. The highest BCUT2D eigenvalue weighted by molar-refractivity contribution is 6.36. The van der Waals surface area contributed by atoms with Crippen molar-refractivity contribution < 1.29 is 0 Å². The first-order valence-electron chi connectivity index (χ1n) is 4.30. The average Bonchev–Trinajstić information content (AvgIpc) is 2.04. The number of halogens is 2. The zero-order valence-corrected chi connectivity index (χ0v) is 9.41. The lowest BCUT2D eigenvalue weighted by molar-refractivity contribution is 0.403. The van der Waals surface area contributed by atoms with Crippen LogP contribution >= 0.6 is 23.2 Å². The molecular formula is C9H17Cl2N. The molecule has 0 aliphatic carbocycles. The first-order valence-corrected chi connectivity index (χ1v) is 5.11. The Kier molecular flexibility index (Phi) is 6.92. The van der Waals surface area contributed by atoms with Crippen LogP contribution in [0.2, 0.25) is 0 Å². The molecule has 1 unspecified atom stereocenters. The standard InChI is InChI=1S/C9H17Cl2N/c1-4-9(7(2)3)12-6-8(11)5-10/h5,7,9,12H,4,6H2,1-3H3. The molecule has 0 saturated heterocycles. The van der Waals surface area contributed by atoms with E-state index < -0.39 is 0 Å². The summed E-state index contributed by atoms with van der Waals surface area (Å²) in [5.41, 5.74) is 1.40. The van der Waals surface area contributed by atoms with E-state index in [2.05, 4.69) is 26.1 Å². The van der Waals surface area contributed by atoms with E-state index in [9.17, 15) is 0 Å². The molecule has 1 nitrogen and oxygen atoms in total. The molecule has 0 fully saturated rings. The zero-order chi connectivity index (χ0) is 9.56. The Hall–Kier alpha value is 0.280. The van der Waals surface area contributed by atoms with Crippen LogP contribution in [0, 0.1) is 5.92 Å². The molecule has 1 atom stereocenters. The van der Waals surface area contributed by atoms with Crippen LogP contribution in [-0.2, 0) is 0 Å². The van der Waals surface area contributed by atoms with Gasteiger partial charge in [0.25, 0.3) is 0 Å². The van der Waals surface area contributed by atoms with Crippen molar-refractivity contribution in [3.63, 3.8) is 0 Å². The second kappa shape index (κ2) is 6.76. The van der Waals surface area contributed by atoms with Crippen molar-refractivity contribution in [2.75, 3.05) is 6.54 Å². The minimum atomic E-state index is 0.523. The smallest absolute Gasteiger partial charge is 0.0432 e. The lowest BCUT2D eigenvalue weighted by Crippen LogP contribution is -2.33. The van der Waals surface area contributed by atoms with Gasteiger partial charge in [-0.15, -0.1) is 0 Å². The first-order chi connectivity index (χ1) is 5.61. The molecule has 0 heterocycles. The van der Waals surface area contributed by atoms with Crippen LogP contribution in [0.25, 0.3) is 0 Å². The predicted octanol–water partition coefficient (Wildman–Crippen LogP) is 3.33. The van der Waals surface area contributed by atoms with Crippen molar-refractivity contribution in [2.45, 2.75) is 33.2 Å². The lowest BCUT2D eigenvalue weighted by atomic mass is 10.0. The maximum absolute atomic E-state index is 5.74. The van der Waals surface area contributed by atoms with Crippen LogP contribution in [0.5, 0.6) is 0 Å². The third-order valence-electron chi connectivity index (χ3n) is 1.90. The summed E-state index contributed by atoms with van der Waals surface area (Å²) in [6.07, 6.45) is 1.12. The van der Waals surface area contributed by atoms with Crippen LogP contribution in [0.3, 0.4) is 0 Å². The average molecular weight is 210 g/mol. The minimum Gasteiger partial charge on any atom is -0.309 e.